The van der Waals surface area contributed by atoms with Crippen molar-refractivity contribution in [3.63, 3.8) is 0 Å². The second-order valence-electron chi connectivity index (χ2n) is 4.12. The summed E-state index contributed by atoms with van der Waals surface area (Å²) in [5, 5.41) is 10.4. The lowest BCUT2D eigenvalue weighted by Crippen LogP contribution is -2.18. The van der Waals surface area contributed by atoms with E-state index in [0.717, 1.165) is 6.21 Å². The molecular formula is C13H18N4O2. The fraction of sp³-hybridized carbons (Fsp3) is 0.308. The van der Waals surface area contributed by atoms with Crippen LogP contribution in [0.1, 0.15) is 24.2 Å². The quantitative estimate of drug-likeness (QED) is 0.300. The molecule has 0 radical (unpaired) electrons. The summed E-state index contributed by atoms with van der Waals surface area (Å²) in [5.74, 6) is 0.436. The minimum absolute atomic E-state index is 0.0287. The molecule has 102 valence electrons. The highest BCUT2D eigenvalue weighted by molar-refractivity contribution is 6.14. The molecule has 1 aromatic rings. The number of benzene rings is 1. The van der Waals surface area contributed by atoms with E-state index in [1.54, 1.807) is 18.2 Å². The number of carbonyl (C=O) groups is 1. The van der Waals surface area contributed by atoms with Gasteiger partial charge in [-0.3, -0.25) is 4.79 Å². The molecule has 0 aliphatic heterocycles. The lowest BCUT2D eigenvalue weighted by atomic mass is 10.1. The highest BCUT2D eigenvalue weighted by atomic mass is 16.5. The van der Waals surface area contributed by atoms with Crippen LogP contribution in [-0.2, 0) is 0 Å². The molecule has 1 aromatic carbocycles. The van der Waals surface area contributed by atoms with Crippen LogP contribution in [0.25, 0.3) is 0 Å². The van der Waals surface area contributed by atoms with Gasteiger partial charge in [0.05, 0.1) is 24.6 Å². The number of ether oxygens (including phenoxy) is 1. The molecule has 0 spiro atoms. The van der Waals surface area contributed by atoms with Crippen LogP contribution in [0, 0.1) is 5.41 Å². The summed E-state index contributed by atoms with van der Waals surface area (Å²) in [7, 11) is 0. The van der Waals surface area contributed by atoms with Crippen molar-refractivity contribution in [3.8, 4) is 5.75 Å². The van der Waals surface area contributed by atoms with Crippen molar-refractivity contribution in [3.05, 3.63) is 23.8 Å². The average molecular weight is 262 g/mol. The first-order valence-corrected chi connectivity index (χ1v) is 5.89. The maximum atomic E-state index is 11.8. The number of hydrogen-bond donors (Lipinski definition) is 3. The number of hydrogen-bond acceptors (Lipinski definition) is 6. The lowest BCUT2D eigenvalue weighted by Gasteiger charge is -2.12. The Morgan fingerprint density at radius 1 is 1.58 bits per heavy atom. The molecule has 0 heterocycles. The van der Waals surface area contributed by atoms with Crippen molar-refractivity contribution in [2.45, 2.75) is 20.0 Å². The highest BCUT2D eigenvalue weighted by Gasteiger charge is 2.09. The number of hydrazone groups is 1. The van der Waals surface area contributed by atoms with Crippen molar-refractivity contribution < 1.29 is 9.53 Å². The number of anilines is 1. The van der Waals surface area contributed by atoms with Gasteiger partial charge in [-0.1, -0.05) is 0 Å². The number of nitrogens with zero attached hydrogens (tertiary/aromatic N) is 1. The molecule has 0 fully saturated rings. The van der Waals surface area contributed by atoms with Crippen molar-refractivity contribution in [1.82, 2.24) is 5.43 Å². The summed E-state index contributed by atoms with van der Waals surface area (Å²) in [6.45, 7) is 3.86. The molecule has 6 heteroatoms. The van der Waals surface area contributed by atoms with Gasteiger partial charge in [-0.25, -0.2) is 0 Å². The molecule has 0 saturated heterocycles. The average Bonchev–Trinajstić information content (AvgIpc) is 2.36. The predicted octanol–water partition coefficient (Wildman–Crippen LogP) is 1.46. The molecule has 0 aliphatic rings. The number of rotatable bonds is 7. The maximum Gasteiger partial charge on any atom is 0.183 e. The Morgan fingerprint density at radius 2 is 2.32 bits per heavy atom. The highest BCUT2D eigenvalue weighted by Crippen LogP contribution is 2.23. The monoisotopic (exact) mass is 262 g/mol. The topological polar surface area (TPSA) is 101 Å². The number of carbonyl (C=O) groups excluding carboxylic acids is 1. The van der Waals surface area contributed by atoms with Crippen LogP contribution in [0.2, 0.25) is 0 Å². The van der Waals surface area contributed by atoms with Gasteiger partial charge in [-0.2, -0.15) is 5.10 Å². The van der Waals surface area contributed by atoms with Gasteiger partial charge in [0.25, 0.3) is 0 Å². The number of ketones is 1. The molecule has 0 amide bonds. The van der Waals surface area contributed by atoms with Crippen molar-refractivity contribution >= 4 is 23.9 Å². The van der Waals surface area contributed by atoms with Gasteiger partial charge in [0.15, 0.2) is 5.78 Å². The minimum Gasteiger partial charge on any atom is -0.489 e. The molecule has 4 N–H and O–H groups in total. The van der Waals surface area contributed by atoms with Crippen molar-refractivity contribution in [2.75, 3.05) is 12.3 Å². The van der Waals surface area contributed by atoms with Crippen molar-refractivity contribution in [2.24, 2.45) is 5.10 Å². The Bertz CT molecular complexity index is 484. The van der Waals surface area contributed by atoms with Crippen LogP contribution in [0.5, 0.6) is 5.75 Å². The number of nitrogens with two attached hydrogens (primary N) is 1. The van der Waals surface area contributed by atoms with E-state index in [1.165, 1.54) is 6.21 Å². The van der Waals surface area contributed by atoms with E-state index in [9.17, 15) is 4.79 Å². The zero-order chi connectivity index (χ0) is 14.3. The number of nitrogen functional groups attached to an aromatic ring is 1. The molecule has 0 atom stereocenters. The number of Topliss-reactive ketones (excluding diaryl/α,β-unsaturated/α-hetero) is 1. The van der Waals surface area contributed by atoms with Crippen molar-refractivity contribution in [1.29, 1.82) is 5.41 Å². The largest absolute Gasteiger partial charge is 0.489 e. The van der Waals surface area contributed by atoms with Gasteiger partial charge in [0.1, 0.15) is 5.75 Å². The van der Waals surface area contributed by atoms with E-state index in [-0.39, 0.29) is 18.4 Å². The minimum atomic E-state index is -0.134. The van der Waals surface area contributed by atoms with E-state index in [4.69, 9.17) is 15.9 Å². The molecule has 1 rings (SSSR count). The molecule has 0 saturated carbocycles. The third kappa shape index (κ3) is 4.79. The predicted molar refractivity (Wildman–Crippen MR) is 76.2 cm³/mol. The smallest absolute Gasteiger partial charge is 0.183 e. The van der Waals surface area contributed by atoms with Crippen LogP contribution in [0.4, 0.5) is 5.69 Å². The first kappa shape index (κ1) is 14.7. The van der Waals surface area contributed by atoms with Gasteiger partial charge >= 0.3 is 0 Å². The summed E-state index contributed by atoms with van der Waals surface area (Å²) < 4.78 is 5.49. The SMILES string of the molecule is CC(C)Oc1ccc(C(=O)CN/N=C\C=N)cc1N. The Labute approximate surface area is 112 Å². The van der Waals surface area contributed by atoms with Gasteiger partial charge in [0.2, 0.25) is 0 Å². The van der Waals surface area contributed by atoms with Crippen LogP contribution in [0.3, 0.4) is 0 Å². The second-order valence-corrected chi connectivity index (χ2v) is 4.12. The Kier molecular flexibility index (Phi) is 5.53. The second kappa shape index (κ2) is 7.15. The molecule has 0 bridgehead atoms. The van der Waals surface area contributed by atoms with E-state index in [1.807, 2.05) is 13.8 Å². The van der Waals surface area contributed by atoms with E-state index in [0.29, 0.717) is 17.0 Å². The normalized spacial score (nSPS) is 10.7. The summed E-state index contributed by atoms with van der Waals surface area (Å²) in [6, 6.07) is 4.93. The van der Waals surface area contributed by atoms with Gasteiger partial charge < -0.3 is 21.3 Å². The fourth-order valence-corrected chi connectivity index (χ4v) is 1.39. The molecule has 19 heavy (non-hydrogen) atoms. The summed E-state index contributed by atoms with van der Waals surface area (Å²) >= 11 is 0. The molecule has 0 unspecified atom stereocenters. The number of nitrogens with one attached hydrogen (secondary N) is 2. The summed E-state index contributed by atoms with van der Waals surface area (Å²) in [5.41, 5.74) is 9.30. The van der Waals surface area contributed by atoms with Crippen LogP contribution in [0.15, 0.2) is 23.3 Å². The fourth-order valence-electron chi connectivity index (χ4n) is 1.39. The maximum absolute atomic E-state index is 11.8. The third-order valence-corrected chi connectivity index (χ3v) is 2.17. The first-order chi connectivity index (χ1) is 9.04. The molecule has 0 aliphatic carbocycles. The van der Waals surface area contributed by atoms with E-state index < -0.39 is 0 Å². The van der Waals surface area contributed by atoms with Gasteiger partial charge in [-0.15, -0.1) is 0 Å². The van der Waals surface area contributed by atoms with E-state index >= 15 is 0 Å². The zero-order valence-electron chi connectivity index (χ0n) is 11.0. The molecular weight excluding hydrogens is 244 g/mol. The Morgan fingerprint density at radius 3 is 2.89 bits per heavy atom. The van der Waals surface area contributed by atoms with E-state index in [2.05, 4.69) is 10.5 Å². The first-order valence-electron chi connectivity index (χ1n) is 5.89. The third-order valence-electron chi connectivity index (χ3n) is 2.17. The zero-order valence-corrected chi connectivity index (χ0v) is 11.0. The van der Waals surface area contributed by atoms with Crippen LogP contribution in [-0.4, -0.2) is 30.9 Å². The van der Waals surface area contributed by atoms with Gasteiger partial charge in [0, 0.05) is 11.8 Å². The lowest BCUT2D eigenvalue weighted by molar-refractivity contribution is 0.0992. The van der Waals surface area contributed by atoms with Crippen LogP contribution >= 0.6 is 0 Å². The Hall–Kier alpha value is -2.37. The molecule has 0 aromatic heterocycles. The van der Waals surface area contributed by atoms with Crippen LogP contribution < -0.4 is 15.9 Å². The molecule has 6 nitrogen and oxygen atoms in total. The summed E-state index contributed by atoms with van der Waals surface area (Å²) in [4.78, 5) is 11.8. The standard InChI is InChI=1S/C13H18N4O2/c1-9(2)19-13-4-3-10(7-11(13)15)12(18)8-17-16-6-5-14/h3-7,9,14,17H,8,15H2,1-2H3/b14-5?,16-6-. The van der Waals surface area contributed by atoms with Gasteiger partial charge in [-0.05, 0) is 32.0 Å². The Balaban J connectivity index is 2.69. The summed E-state index contributed by atoms with van der Waals surface area (Å²) in [6.07, 6.45) is 2.30.